The lowest BCUT2D eigenvalue weighted by Gasteiger charge is -2.30. The Labute approximate surface area is 225 Å². The number of aromatic nitrogens is 5. The first-order valence-electron chi connectivity index (χ1n) is 13.3. The third-order valence-electron chi connectivity index (χ3n) is 7.53. The number of piperidine rings is 1. The van der Waals surface area contributed by atoms with Crippen LogP contribution >= 0.6 is 0 Å². The number of amides is 2. The number of nitrogens with zero attached hydrogens (tertiary/aromatic N) is 5. The molecule has 11 heteroatoms. The second-order valence-corrected chi connectivity index (χ2v) is 11.5. The molecule has 3 N–H and O–H groups in total. The minimum absolute atomic E-state index is 0.0520. The summed E-state index contributed by atoms with van der Waals surface area (Å²) in [6, 6.07) is 10.4. The van der Waals surface area contributed by atoms with Gasteiger partial charge in [-0.15, -0.1) is 0 Å². The zero-order valence-corrected chi connectivity index (χ0v) is 22.3. The predicted molar refractivity (Wildman–Crippen MR) is 145 cm³/mol. The normalized spacial score (nSPS) is 18.6. The maximum atomic E-state index is 12.9. The van der Waals surface area contributed by atoms with E-state index in [1.807, 2.05) is 26.8 Å². The fraction of sp³-hybridized carbons (Fsp3) is 0.429. The van der Waals surface area contributed by atoms with Crippen LogP contribution in [0.5, 0.6) is 0 Å². The lowest BCUT2D eigenvalue weighted by Crippen LogP contribution is -2.41. The SMILES string of the molecule is CC(C)(C)c1nc(C(=O)NC2(c3ccc(-c4ccnc5[nH]nc(N[C@@H]6CCCN(C=O)C6)c45)cc3)CC2)no1. The van der Waals surface area contributed by atoms with Crippen LogP contribution in [-0.4, -0.2) is 61.7 Å². The molecule has 2 aliphatic rings. The monoisotopic (exact) mass is 528 g/mol. The number of benzene rings is 1. The molecule has 3 aromatic heterocycles. The summed E-state index contributed by atoms with van der Waals surface area (Å²) in [5, 5.41) is 19.0. The minimum Gasteiger partial charge on any atom is -0.364 e. The average Bonchev–Trinajstić information content (AvgIpc) is 3.33. The zero-order chi connectivity index (χ0) is 27.2. The lowest BCUT2D eigenvalue weighted by molar-refractivity contribution is -0.119. The minimum atomic E-state index is -0.431. The number of anilines is 1. The molecule has 202 valence electrons. The molecule has 1 aliphatic heterocycles. The number of hydrogen-bond donors (Lipinski definition) is 3. The van der Waals surface area contributed by atoms with Gasteiger partial charge in [0, 0.05) is 30.7 Å². The van der Waals surface area contributed by atoms with Crippen molar-refractivity contribution in [2.45, 2.75) is 63.5 Å². The number of carbonyl (C=O) groups is 2. The number of rotatable bonds is 7. The molecule has 4 aromatic rings. The fourth-order valence-electron chi connectivity index (χ4n) is 5.18. The van der Waals surface area contributed by atoms with Gasteiger partial charge in [0.15, 0.2) is 11.5 Å². The lowest BCUT2D eigenvalue weighted by atomic mass is 9.97. The van der Waals surface area contributed by atoms with Crippen LogP contribution in [0.4, 0.5) is 5.82 Å². The van der Waals surface area contributed by atoms with Crippen LogP contribution in [0.1, 0.15) is 68.5 Å². The van der Waals surface area contributed by atoms with Crippen molar-refractivity contribution in [1.82, 2.24) is 35.5 Å². The van der Waals surface area contributed by atoms with Crippen molar-refractivity contribution in [3.63, 3.8) is 0 Å². The molecule has 2 fully saturated rings. The van der Waals surface area contributed by atoms with Crippen molar-refractivity contribution in [1.29, 1.82) is 0 Å². The van der Waals surface area contributed by atoms with Crippen LogP contribution in [0.3, 0.4) is 0 Å². The summed E-state index contributed by atoms with van der Waals surface area (Å²) < 4.78 is 5.29. The van der Waals surface area contributed by atoms with Gasteiger partial charge in [-0.1, -0.05) is 50.2 Å². The van der Waals surface area contributed by atoms with Gasteiger partial charge in [0.25, 0.3) is 11.7 Å². The molecule has 1 atom stereocenters. The van der Waals surface area contributed by atoms with Crippen LogP contribution in [-0.2, 0) is 15.7 Å². The molecule has 1 saturated carbocycles. The number of H-pyrrole nitrogens is 1. The van der Waals surface area contributed by atoms with Crippen LogP contribution in [0, 0.1) is 0 Å². The van der Waals surface area contributed by atoms with E-state index in [0.717, 1.165) is 66.5 Å². The zero-order valence-electron chi connectivity index (χ0n) is 22.3. The van der Waals surface area contributed by atoms with Crippen molar-refractivity contribution in [2.24, 2.45) is 0 Å². The predicted octanol–water partition coefficient (Wildman–Crippen LogP) is 3.76. The molecule has 0 bridgehead atoms. The Morgan fingerprint density at radius 1 is 1.21 bits per heavy atom. The molecule has 0 spiro atoms. The molecular formula is C28H32N8O3. The Morgan fingerprint density at radius 2 is 2.00 bits per heavy atom. The highest BCUT2D eigenvalue weighted by Crippen LogP contribution is 2.46. The number of pyridine rings is 1. The second-order valence-electron chi connectivity index (χ2n) is 11.5. The number of hydrogen-bond acceptors (Lipinski definition) is 8. The Kier molecular flexibility index (Phi) is 6.08. The van der Waals surface area contributed by atoms with Crippen molar-refractivity contribution in [2.75, 3.05) is 18.4 Å². The molecular weight excluding hydrogens is 496 g/mol. The Balaban J connectivity index is 1.22. The second kappa shape index (κ2) is 9.48. The van der Waals surface area contributed by atoms with E-state index in [0.29, 0.717) is 18.1 Å². The fourth-order valence-corrected chi connectivity index (χ4v) is 5.18. The van der Waals surface area contributed by atoms with Gasteiger partial charge in [-0.3, -0.25) is 14.7 Å². The first kappa shape index (κ1) is 25.0. The summed E-state index contributed by atoms with van der Waals surface area (Å²) in [5.74, 6) is 0.881. The number of fused-ring (bicyclic) bond motifs is 1. The highest BCUT2D eigenvalue weighted by Gasteiger charge is 2.46. The van der Waals surface area contributed by atoms with Crippen molar-refractivity contribution in [3.8, 4) is 11.1 Å². The molecule has 1 saturated heterocycles. The molecule has 0 unspecified atom stereocenters. The maximum Gasteiger partial charge on any atom is 0.293 e. The van der Waals surface area contributed by atoms with Gasteiger partial charge in [-0.2, -0.15) is 10.1 Å². The summed E-state index contributed by atoms with van der Waals surface area (Å²) >= 11 is 0. The number of carbonyl (C=O) groups excluding carboxylic acids is 2. The van der Waals surface area contributed by atoms with Crippen molar-refractivity contribution in [3.05, 3.63) is 53.8 Å². The summed E-state index contributed by atoms with van der Waals surface area (Å²) in [7, 11) is 0. The average molecular weight is 529 g/mol. The Morgan fingerprint density at radius 3 is 2.69 bits per heavy atom. The Hall–Kier alpha value is -4.28. The van der Waals surface area contributed by atoms with Crippen LogP contribution in [0.2, 0.25) is 0 Å². The standard InChI is InChI=1S/C28H32N8O3/c1-27(2,3)26-31-24(35-39-26)25(38)32-28(11-12-28)18-8-6-17(7-9-18)20-10-13-29-22-21(20)23(34-33-22)30-19-5-4-14-36(15-19)16-37/h6-10,13,16,19H,4-5,11-12,14-15H2,1-3H3,(H,32,38)(H2,29,30,33,34)/t19-/m1/s1. The molecule has 39 heavy (non-hydrogen) atoms. The summed E-state index contributed by atoms with van der Waals surface area (Å²) in [6.07, 6.45) is 6.28. The van der Waals surface area contributed by atoms with Gasteiger partial charge in [0.2, 0.25) is 12.3 Å². The van der Waals surface area contributed by atoms with Gasteiger partial charge in [-0.25, -0.2) is 4.98 Å². The smallest absolute Gasteiger partial charge is 0.293 e. The number of likely N-dealkylation sites (tertiary alicyclic amines) is 1. The third kappa shape index (κ3) is 4.84. The van der Waals surface area contributed by atoms with E-state index in [1.165, 1.54) is 0 Å². The van der Waals surface area contributed by atoms with Gasteiger partial charge in [0.05, 0.1) is 10.9 Å². The van der Waals surface area contributed by atoms with E-state index in [4.69, 9.17) is 4.52 Å². The molecule has 0 radical (unpaired) electrons. The van der Waals surface area contributed by atoms with E-state index in [-0.39, 0.29) is 23.2 Å². The molecule has 11 nitrogen and oxygen atoms in total. The Bertz CT molecular complexity index is 1510. The maximum absolute atomic E-state index is 12.9. The van der Waals surface area contributed by atoms with Crippen molar-refractivity contribution < 1.29 is 14.1 Å². The van der Waals surface area contributed by atoms with Crippen LogP contribution in [0.25, 0.3) is 22.2 Å². The quantitative estimate of drug-likeness (QED) is 0.308. The summed E-state index contributed by atoms with van der Waals surface area (Å²) in [5.41, 5.74) is 2.99. The van der Waals surface area contributed by atoms with E-state index in [9.17, 15) is 9.59 Å². The third-order valence-corrected chi connectivity index (χ3v) is 7.53. The van der Waals surface area contributed by atoms with Gasteiger partial charge < -0.3 is 20.1 Å². The summed E-state index contributed by atoms with van der Waals surface area (Å²) in [4.78, 5) is 34.7. The molecule has 1 aromatic carbocycles. The number of nitrogens with one attached hydrogen (secondary N) is 3. The first-order chi connectivity index (χ1) is 18.8. The van der Waals surface area contributed by atoms with Gasteiger partial charge in [-0.05, 0) is 48.4 Å². The largest absolute Gasteiger partial charge is 0.364 e. The van der Waals surface area contributed by atoms with Gasteiger partial charge >= 0.3 is 0 Å². The summed E-state index contributed by atoms with van der Waals surface area (Å²) in [6.45, 7) is 7.32. The topological polar surface area (TPSA) is 142 Å². The van der Waals surface area contributed by atoms with E-state index in [2.05, 4.69) is 60.2 Å². The molecule has 1 aliphatic carbocycles. The number of aromatic amines is 1. The van der Waals surface area contributed by atoms with Gasteiger partial charge in [0.1, 0.15) is 0 Å². The van der Waals surface area contributed by atoms with Crippen molar-refractivity contribution >= 4 is 29.2 Å². The molecule has 6 rings (SSSR count). The van der Waals surface area contributed by atoms with E-state index < -0.39 is 5.54 Å². The highest BCUT2D eigenvalue weighted by molar-refractivity contribution is 6.00. The van der Waals surface area contributed by atoms with E-state index in [1.54, 1.807) is 11.1 Å². The van der Waals surface area contributed by atoms with Crippen LogP contribution < -0.4 is 10.6 Å². The molecule has 2 amide bonds. The molecule has 4 heterocycles. The first-order valence-corrected chi connectivity index (χ1v) is 13.3. The highest BCUT2D eigenvalue weighted by atomic mass is 16.5. The van der Waals surface area contributed by atoms with E-state index >= 15 is 0 Å². The van der Waals surface area contributed by atoms with Crippen LogP contribution in [0.15, 0.2) is 41.1 Å².